The van der Waals surface area contributed by atoms with E-state index < -0.39 is 0 Å². The van der Waals surface area contributed by atoms with Crippen LogP contribution in [0, 0.1) is 5.82 Å². The summed E-state index contributed by atoms with van der Waals surface area (Å²) < 4.78 is 14.8. The van der Waals surface area contributed by atoms with Gasteiger partial charge < -0.3 is 9.88 Å². The van der Waals surface area contributed by atoms with Gasteiger partial charge in [0, 0.05) is 18.7 Å². The van der Waals surface area contributed by atoms with Crippen molar-refractivity contribution in [2.24, 2.45) is 7.05 Å². The normalized spacial score (nSPS) is 15.0. The summed E-state index contributed by atoms with van der Waals surface area (Å²) in [5.74, 6) is 0.734. The van der Waals surface area contributed by atoms with Crippen molar-refractivity contribution in [3.8, 4) is 11.4 Å². The molecule has 23 heavy (non-hydrogen) atoms. The van der Waals surface area contributed by atoms with Crippen LogP contribution in [0.5, 0.6) is 0 Å². The van der Waals surface area contributed by atoms with Crippen LogP contribution in [0.25, 0.3) is 11.4 Å². The third-order valence-corrected chi connectivity index (χ3v) is 5.01. The zero-order chi connectivity index (χ0) is 16.2. The molecular weight excluding hydrogens is 315 g/mol. The molecule has 1 amide bonds. The first-order chi connectivity index (χ1) is 11.1. The number of aromatic nitrogens is 3. The lowest BCUT2D eigenvalue weighted by Gasteiger charge is -2.11. The van der Waals surface area contributed by atoms with E-state index in [4.69, 9.17) is 0 Å². The minimum Gasteiger partial charge on any atom is -0.353 e. The van der Waals surface area contributed by atoms with E-state index in [1.165, 1.54) is 36.7 Å². The third-order valence-electron chi connectivity index (χ3n) is 3.99. The molecule has 0 bridgehead atoms. The van der Waals surface area contributed by atoms with Crippen molar-refractivity contribution in [2.45, 2.75) is 36.9 Å². The summed E-state index contributed by atoms with van der Waals surface area (Å²) in [5.41, 5.74) is 0.795. The smallest absolute Gasteiger partial charge is 0.230 e. The average Bonchev–Trinajstić information content (AvgIpc) is 3.16. The standard InChI is InChI=1S/C16H19FN4OS/c1-21-15(11-6-8-12(17)9-7-11)19-20-16(21)23-10-14(22)18-13-4-2-3-5-13/h6-9,13H,2-5,10H2,1H3,(H,18,22). The fraction of sp³-hybridized carbons (Fsp3) is 0.438. The summed E-state index contributed by atoms with van der Waals surface area (Å²) >= 11 is 1.36. The fourth-order valence-electron chi connectivity index (χ4n) is 2.76. The Morgan fingerprint density at radius 1 is 1.30 bits per heavy atom. The van der Waals surface area contributed by atoms with E-state index in [1.807, 2.05) is 11.6 Å². The van der Waals surface area contributed by atoms with Crippen LogP contribution >= 0.6 is 11.8 Å². The van der Waals surface area contributed by atoms with Gasteiger partial charge in [0.05, 0.1) is 5.75 Å². The topological polar surface area (TPSA) is 59.8 Å². The van der Waals surface area contributed by atoms with E-state index in [2.05, 4.69) is 15.5 Å². The number of hydrogen-bond donors (Lipinski definition) is 1. The summed E-state index contributed by atoms with van der Waals surface area (Å²) in [4.78, 5) is 12.0. The number of benzene rings is 1. The lowest BCUT2D eigenvalue weighted by Crippen LogP contribution is -2.33. The van der Waals surface area contributed by atoms with Crippen LogP contribution in [-0.4, -0.2) is 32.5 Å². The van der Waals surface area contributed by atoms with Gasteiger partial charge in [-0.25, -0.2) is 4.39 Å². The molecule has 1 aliphatic carbocycles. The van der Waals surface area contributed by atoms with Crippen molar-refractivity contribution in [1.82, 2.24) is 20.1 Å². The molecule has 122 valence electrons. The molecule has 1 saturated carbocycles. The summed E-state index contributed by atoms with van der Waals surface area (Å²) in [6, 6.07) is 6.45. The van der Waals surface area contributed by atoms with Crippen molar-refractivity contribution in [3.05, 3.63) is 30.1 Å². The first kappa shape index (κ1) is 16.0. The van der Waals surface area contributed by atoms with Crippen LogP contribution < -0.4 is 5.32 Å². The summed E-state index contributed by atoms with van der Waals surface area (Å²) in [7, 11) is 1.84. The third kappa shape index (κ3) is 3.90. The maximum atomic E-state index is 13.0. The Labute approximate surface area is 138 Å². The second kappa shape index (κ2) is 7.12. The number of carbonyl (C=O) groups excluding carboxylic acids is 1. The summed E-state index contributed by atoms with van der Waals surface area (Å²) in [6.45, 7) is 0. The van der Waals surface area contributed by atoms with Crippen LogP contribution in [0.3, 0.4) is 0 Å². The molecule has 1 aromatic heterocycles. The van der Waals surface area contributed by atoms with Crippen molar-refractivity contribution in [1.29, 1.82) is 0 Å². The minimum atomic E-state index is -0.283. The number of halogens is 1. The first-order valence-corrected chi connectivity index (χ1v) is 8.69. The monoisotopic (exact) mass is 334 g/mol. The van der Waals surface area contributed by atoms with E-state index in [1.54, 1.807) is 12.1 Å². The van der Waals surface area contributed by atoms with Gasteiger partial charge in [-0.1, -0.05) is 24.6 Å². The summed E-state index contributed by atoms with van der Waals surface area (Å²) in [6.07, 6.45) is 4.55. The average molecular weight is 334 g/mol. The van der Waals surface area contributed by atoms with Crippen LogP contribution in [0.4, 0.5) is 4.39 Å². The molecule has 0 spiro atoms. The van der Waals surface area contributed by atoms with Gasteiger partial charge in [0.1, 0.15) is 5.82 Å². The van der Waals surface area contributed by atoms with Gasteiger partial charge in [-0.05, 0) is 37.1 Å². The van der Waals surface area contributed by atoms with Crippen molar-refractivity contribution in [2.75, 3.05) is 5.75 Å². The molecule has 0 atom stereocenters. The molecule has 5 nitrogen and oxygen atoms in total. The molecular formula is C16H19FN4OS. The quantitative estimate of drug-likeness (QED) is 0.854. The highest BCUT2D eigenvalue weighted by molar-refractivity contribution is 7.99. The molecule has 0 saturated heterocycles. The molecule has 1 fully saturated rings. The highest BCUT2D eigenvalue weighted by Crippen LogP contribution is 2.23. The Hall–Kier alpha value is -1.89. The fourth-order valence-corrected chi connectivity index (χ4v) is 3.48. The van der Waals surface area contributed by atoms with Gasteiger partial charge in [-0.15, -0.1) is 10.2 Å². The Kier molecular flexibility index (Phi) is 4.95. The van der Waals surface area contributed by atoms with Gasteiger partial charge >= 0.3 is 0 Å². The largest absolute Gasteiger partial charge is 0.353 e. The maximum absolute atomic E-state index is 13.0. The predicted octanol–water partition coefficient (Wildman–Crippen LogP) is 2.77. The van der Waals surface area contributed by atoms with Crippen molar-refractivity contribution >= 4 is 17.7 Å². The van der Waals surface area contributed by atoms with E-state index in [-0.39, 0.29) is 11.7 Å². The molecule has 0 unspecified atom stereocenters. The Bertz CT molecular complexity index is 680. The highest BCUT2D eigenvalue weighted by atomic mass is 32.2. The second-order valence-corrected chi connectivity index (χ2v) is 6.65. The molecule has 1 aromatic carbocycles. The Morgan fingerprint density at radius 2 is 2.00 bits per heavy atom. The molecule has 1 heterocycles. The van der Waals surface area contributed by atoms with E-state index in [0.29, 0.717) is 22.8 Å². The first-order valence-electron chi connectivity index (χ1n) is 7.71. The predicted molar refractivity (Wildman–Crippen MR) is 87.5 cm³/mol. The molecule has 7 heteroatoms. The number of carbonyl (C=O) groups is 1. The maximum Gasteiger partial charge on any atom is 0.230 e. The zero-order valence-electron chi connectivity index (χ0n) is 13.0. The number of nitrogens with one attached hydrogen (secondary N) is 1. The molecule has 0 aliphatic heterocycles. The molecule has 2 aromatic rings. The van der Waals surface area contributed by atoms with Crippen molar-refractivity contribution in [3.63, 3.8) is 0 Å². The minimum absolute atomic E-state index is 0.0354. The van der Waals surface area contributed by atoms with Gasteiger partial charge in [-0.2, -0.15) is 0 Å². The van der Waals surface area contributed by atoms with E-state index in [0.717, 1.165) is 18.4 Å². The SMILES string of the molecule is Cn1c(SCC(=O)NC2CCCC2)nnc1-c1ccc(F)cc1. The number of hydrogen-bond acceptors (Lipinski definition) is 4. The Morgan fingerprint density at radius 3 is 2.70 bits per heavy atom. The van der Waals surface area contributed by atoms with Crippen LogP contribution in [0.15, 0.2) is 29.4 Å². The zero-order valence-corrected chi connectivity index (χ0v) is 13.8. The lowest BCUT2D eigenvalue weighted by atomic mass is 10.2. The van der Waals surface area contributed by atoms with Gasteiger partial charge in [-0.3, -0.25) is 4.79 Å². The molecule has 3 rings (SSSR count). The van der Waals surface area contributed by atoms with Crippen molar-refractivity contribution < 1.29 is 9.18 Å². The van der Waals surface area contributed by atoms with Gasteiger partial charge in [0.25, 0.3) is 0 Å². The second-order valence-electron chi connectivity index (χ2n) is 5.71. The lowest BCUT2D eigenvalue weighted by molar-refractivity contribution is -0.119. The number of amides is 1. The molecule has 1 N–H and O–H groups in total. The molecule has 1 aliphatic rings. The number of rotatable bonds is 5. The van der Waals surface area contributed by atoms with E-state index >= 15 is 0 Å². The number of nitrogens with zero attached hydrogens (tertiary/aromatic N) is 3. The molecule has 0 radical (unpaired) electrons. The van der Waals surface area contributed by atoms with Gasteiger partial charge in [0.2, 0.25) is 5.91 Å². The Balaban J connectivity index is 1.60. The van der Waals surface area contributed by atoms with Gasteiger partial charge in [0.15, 0.2) is 11.0 Å². The summed E-state index contributed by atoms with van der Waals surface area (Å²) in [5, 5.41) is 12.0. The van der Waals surface area contributed by atoms with Crippen LogP contribution in [0.1, 0.15) is 25.7 Å². The number of thioether (sulfide) groups is 1. The van der Waals surface area contributed by atoms with Crippen LogP contribution in [0.2, 0.25) is 0 Å². The van der Waals surface area contributed by atoms with E-state index in [9.17, 15) is 9.18 Å². The van der Waals surface area contributed by atoms with Crippen LogP contribution in [-0.2, 0) is 11.8 Å². The highest BCUT2D eigenvalue weighted by Gasteiger charge is 2.18.